The summed E-state index contributed by atoms with van der Waals surface area (Å²) in [7, 11) is -2.18. The summed E-state index contributed by atoms with van der Waals surface area (Å²) in [5, 5.41) is 0. The first-order valence-electron chi connectivity index (χ1n) is 8.80. The van der Waals surface area contributed by atoms with E-state index in [4.69, 9.17) is 0 Å². The number of hydrogen-bond donors (Lipinski definition) is 0. The molecule has 20 heavy (non-hydrogen) atoms. The van der Waals surface area contributed by atoms with Crippen LogP contribution in [-0.2, 0) is 4.57 Å². The molecule has 2 unspecified atom stereocenters. The Morgan fingerprint density at radius 3 is 1.80 bits per heavy atom. The van der Waals surface area contributed by atoms with E-state index in [2.05, 4.69) is 30.1 Å². The third-order valence-corrected chi connectivity index (χ3v) is 8.40. The lowest BCUT2D eigenvalue weighted by Gasteiger charge is -2.22. The molecule has 118 valence electrons. The molecule has 0 radical (unpaired) electrons. The van der Waals surface area contributed by atoms with Crippen molar-refractivity contribution in [3.8, 4) is 0 Å². The summed E-state index contributed by atoms with van der Waals surface area (Å²) in [6.07, 6.45) is 11.0. The van der Waals surface area contributed by atoms with Gasteiger partial charge in [0.15, 0.2) is 0 Å². The minimum atomic E-state index is -2.18. The lowest BCUT2D eigenvalue weighted by atomic mass is 10.1. The van der Waals surface area contributed by atoms with Gasteiger partial charge >= 0.3 is 0 Å². The fraction of sp³-hybridized carbons (Fsp3) is 1.00. The standard InChI is InChI=1S/C16H33N2OP/c1-4-7-8-9-10-11-12-20(19,17-13-15(17)5-2)18-14-16(18)6-3/h15-16H,4-14H2,1-3H3/t15-,16-,17?,18?,20?/m0/s1. The minimum absolute atomic E-state index is 0.610. The van der Waals surface area contributed by atoms with Gasteiger partial charge in [-0.1, -0.05) is 52.9 Å². The zero-order valence-corrected chi connectivity index (χ0v) is 14.6. The Bertz CT molecular complexity index is 325. The fourth-order valence-corrected chi connectivity index (χ4v) is 6.96. The largest absolute Gasteiger partial charge is 0.289 e. The van der Waals surface area contributed by atoms with E-state index in [9.17, 15) is 4.57 Å². The monoisotopic (exact) mass is 300 g/mol. The molecule has 2 aliphatic rings. The molecule has 2 rings (SSSR count). The summed E-state index contributed by atoms with van der Waals surface area (Å²) in [6.45, 7) is 8.86. The first kappa shape index (κ1) is 16.5. The van der Waals surface area contributed by atoms with Gasteiger partial charge in [0.2, 0.25) is 7.44 Å². The second-order valence-corrected chi connectivity index (χ2v) is 9.33. The second kappa shape index (κ2) is 7.42. The smallest absolute Gasteiger partial charge is 0.217 e. The molecule has 2 saturated heterocycles. The highest BCUT2D eigenvalue weighted by molar-refractivity contribution is 7.59. The molecule has 0 aliphatic carbocycles. The molecular formula is C16H33N2OP. The van der Waals surface area contributed by atoms with Crippen molar-refractivity contribution in [1.29, 1.82) is 0 Å². The molecule has 0 saturated carbocycles. The summed E-state index contributed by atoms with van der Waals surface area (Å²) in [4.78, 5) is 0. The Hall–Kier alpha value is 0.150. The van der Waals surface area contributed by atoms with Crippen LogP contribution in [0.1, 0.15) is 72.1 Å². The van der Waals surface area contributed by atoms with Crippen LogP contribution < -0.4 is 0 Å². The zero-order valence-electron chi connectivity index (χ0n) is 13.7. The van der Waals surface area contributed by atoms with Crippen molar-refractivity contribution in [3.63, 3.8) is 0 Å². The Morgan fingerprint density at radius 2 is 1.35 bits per heavy atom. The third kappa shape index (κ3) is 3.87. The van der Waals surface area contributed by atoms with Crippen LogP contribution in [-0.4, -0.2) is 40.7 Å². The summed E-state index contributed by atoms with van der Waals surface area (Å²) in [5.74, 6) is 0. The molecule has 0 amide bonds. The summed E-state index contributed by atoms with van der Waals surface area (Å²) >= 11 is 0. The van der Waals surface area contributed by atoms with Gasteiger partial charge in [-0.25, -0.2) is 9.34 Å². The van der Waals surface area contributed by atoms with Crippen molar-refractivity contribution in [2.75, 3.05) is 19.3 Å². The van der Waals surface area contributed by atoms with Crippen LogP contribution in [0.15, 0.2) is 0 Å². The van der Waals surface area contributed by atoms with E-state index in [1.807, 2.05) is 0 Å². The number of rotatable bonds is 11. The van der Waals surface area contributed by atoms with Gasteiger partial charge in [0.25, 0.3) is 0 Å². The maximum Gasteiger partial charge on any atom is 0.217 e. The van der Waals surface area contributed by atoms with Gasteiger partial charge in [-0.15, -0.1) is 0 Å². The fourth-order valence-electron chi connectivity index (χ4n) is 3.29. The lowest BCUT2D eigenvalue weighted by Crippen LogP contribution is -2.12. The maximum absolute atomic E-state index is 13.4. The predicted molar refractivity (Wildman–Crippen MR) is 87.4 cm³/mol. The molecule has 0 bridgehead atoms. The number of hydrogen-bond acceptors (Lipinski definition) is 1. The molecule has 0 aromatic carbocycles. The molecule has 0 N–H and O–H groups in total. The summed E-state index contributed by atoms with van der Waals surface area (Å²) < 4.78 is 18.1. The summed E-state index contributed by atoms with van der Waals surface area (Å²) in [5.41, 5.74) is 0. The van der Waals surface area contributed by atoms with Crippen LogP contribution in [0.5, 0.6) is 0 Å². The van der Waals surface area contributed by atoms with E-state index in [1.165, 1.54) is 32.1 Å². The van der Waals surface area contributed by atoms with Crippen molar-refractivity contribution in [2.45, 2.75) is 84.2 Å². The van der Waals surface area contributed by atoms with Gasteiger partial charge in [0.05, 0.1) is 0 Å². The van der Waals surface area contributed by atoms with Crippen molar-refractivity contribution in [2.24, 2.45) is 0 Å². The molecule has 0 spiro atoms. The molecule has 4 heteroatoms. The SMILES string of the molecule is CCCCCCCCP(=O)(N1C[C@@H]1CC)N1C[C@@H]1CC. The molecule has 3 nitrogen and oxygen atoms in total. The van der Waals surface area contributed by atoms with E-state index in [0.717, 1.165) is 38.5 Å². The van der Waals surface area contributed by atoms with E-state index in [-0.39, 0.29) is 0 Å². The second-order valence-electron chi connectivity index (χ2n) is 6.52. The Labute approximate surface area is 125 Å². The van der Waals surface area contributed by atoms with E-state index < -0.39 is 7.44 Å². The normalized spacial score (nSPS) is 34.8. The van der Waals surface area contributed by atoms with E-state index in [0.29, 0.717) is 12.1 Å². The highest BCUT2D eigenvalue weighted by Crippen LogP contribution is 2.65. The number of nitrogens with zero attached hydrogens (tertiary/aromatic N) is 2. The quantitative estimate of drug-likeness (QED) is 0.313. The average Bonchev–Trinajstić information content (AvgIpc) is 3.35. The lowest BCUT2D eigenvalue weighted by molar-refractivity contribution is 0.492. The maximum atomic E-state index is 13.4. The van der Waals surface area contributed by atoms with Gasteiger partial charge < -0.3 is 0 Å². The van der Waals surface area contributed by atoms with Crippen LogP contribution in [0.4, 0.5) is 0 Å². The molecular weight excluding hydrogens is 267 g/mol. The van der Waals surface area contributed by atoms with Gasteiger partial charge in [-0.05, 0) is 19.3 Å². The van der Waals surface area contributed by atoms with Crippen molar-refractivity contribution in [3.05, 3.63) is 0 Å². The Balaban J connectivity index is 1.77. The number of unbranched alkanes of at least 4 members (excludes halogenated alkanes) is 5. The third-order valence-electron chi connectivity index (χ3n) is 4.92. The van der Waals surface area contributed by atoms with Crippen molar-refractivity contribution < 1.29 is 4.57 Å². The van der Waals surface area contributed by atoms with Crippen LogP contribution in [0.2, 0.25) is 0 Å². The molecule has 0 aromatic rings. The predicted octanol–water partition coefficient (Wildman–Crippen LogP) is 4.73. The summed E-state index contributed by atoms with van der Waals surface area (Å²) in [6, 6.07) is 1.22. The van der Waals surface area contributed by atoms with E-state index in [1.54, 1.807) is 0 Å². The van der Waals surface area contributed by atoms with Crippen LogP contribution in [0.25, 0.3) is 0 Å². The zero-order chi connectivity index (χ0) is 14.6. The van der Waals surface area contributed by atoms with Gasteiger partial charge in [-0.2, -0.15) is 0 Å². The average molecular weight is 300 g/mol. The Morgan fingerprint density at radius 1 is 0.850 bits per heavy atom. The van der Waals surface area contributed by atoms with Crippen LogP contribution in [0, 0.1) is 0 Å². The molecule has 2 fully saturated rings. The molecule has 0 aromatic heterocycles. The molecule has 2 heterocycles. The topological polar surface area (TPSA) is 23.1 Å². The van der Waals surface area contributed by atoms with E-state index >= 15 is 0 Å². The van der Waals surface area contributed by atoms with Crippen molar-refractivity contribution >= 4 is 7.44 Å². The molecule has 2 aliphatic heterocycles. The Kier molecular flexibility index (Phi) is 6.13. The van der Waals surface area contributed by atoms with Gasteiger partial charge in [0.1, 0.15) is 0 Å². The van der Waals surface area contributed by atoms with Gasteiger partial charge in [0, 0.05) is 31.3 Å². The highest BCUT2D eigenvalue weighted by atomic mass is 31.2. The minimum Gasteiger partial charge on any atom is -0.289 e. The highest BCUT2D eigenvalue weighted by Gasteiger charge is 2.55. The van der Waals surface area contributed by atoms with Crippen LogP contribution >= 0.6 is 7.44 Å². The van der Waals surface area contributed by atoms with Crippen molar-refractivity contribution in [1.82, 2.24) is 9.34 Å². The first-order chi connectivity index (χ1) is 9.67. The van der Waals surface area contributed by atoms with Gasteiger partial charge in [-0.3, -0.25) is 4.57 Å². The molecule has 4 atom stereocenters. The first-order valence-corrected chi connectivity index (χ1v) is 10.6. The van der Waals surface area contributed by atoms with Crippen LogP contribution in [0.3, 0.4) is 0 Å².